The van der Waals surface area contributed by atoms with Crippen LogP contribution < -0.4 is 0 Å². The molecule has 3 nitrogen and oxygen atoms in total. The monoisotopic (exact) mass is 453 g/mol. The Hall–Kier alpha value is 0.0748. The van der Waals surface area contributed by atoms with Crippen LogP contribution in [-0.4, -0.2) is 67.6 Å². The minimum Gasteiger partial charge on any atom is -0.344 e. The van der Waals surface area contributed by atoms with E-state index in [2.05, 4.69) is 97.5 Å². The summed E-state index contributed by atoms with van der Waals surface area (Å²) in [6.45, 7) is 32.3. The lowest BCUT2D eigenvalue weighted by Gasteiger charge is -2.57. The van der Waals surface area contributed by atoms with Gasteiger partial charge < -0.3 is 14.4 Å². The normalized spacial score (nSPS) is 33.3. The molecule has 0 saturated carbocycles. The molecular formula is C27H54B3N3. The highest BCUT2D eigenvalue weighted by molar-refractivity contribution is 7.93. The predicted octanol–water partition coefficient (Wildman–Crippen LogP) is 6.34. The van der Waals surface area contributed by atoms with Crippen LogP contribution in [0.5, 0.6) is 0 Å². The average Bonchev–Trinajstić information content (AvgIpc) is 3.21. The van der Waals surface area contributed by atoms with E-state index in [1.165, 1.54) is 57.8 Å². The van der Waals surface area contributed by atoms with Crippen molar-refractivity contribution in [3.8, 4) is 0 Å². The third kappa shape index (κ3) is 4.31. The van der Waals surface area contributed by atoms with Gasteiger partial charge in [0.2, 0.25) is 0 Å². The Morgan fingerprint density at radius 1 is 0.333 bits per heavy atom. The molecule has 4 saturated heterocycles. The lowest BCUT2D eigenvalue weighted by molar-refractivity contribution is 0.0463. The van der Waals surface area contributed by atoms with E-state index in [0.717, 1.165) is 0 Å². The molecule has 4 fully saturated rings. The molecule has 0 aromatic rings. The molecule has 0 bridgehead atoms. The van der Waals surface area contributed by atoms with E-state index >= 15 is 0 Å². The fraction of sp³-hybridized carbons (Fsp3) is 1.00. The standard InChI is InChI=1S/C27H54B3N3/c1-22(2)16-13-17-23(3,4)31(22)28-29(32-24(5,6)18-14-19-25(32,7)8)30(28)33-26(9,10)20-15-21-27(33,11)12/h13-21H2,1-12H3. The molecule has 0 aromatic carbocycles. The number of hydrogen-bond acceptors (Lipinski definition) is 3. The zero-order valence-electron chi connectivity index (χ0n) is 24.4. The highest BCUT2D eigenvalue weighted by Crippen LogP contribution is 2.52. The van der Waals surface area contributed by atoms with Crippen LogP contribution in [0.3, 0.4) is 0 Å². The molecule has 186 valence electrons. The maximum absolute atomic E-state index is 3.03. The van der Waals surface area contributed by atoms with Gasteiger partial charge in [0, 0.05) is 33.2 Å². The molecule has 0 unspecified atom stereocenters. The van der Waals surface area contributed by atoms with Gasteiger partial charge in [-0.3, -0.25) is 0 Å². The molecule has 0 spiro atoms. The van der Waals surface area contributed by atoms with Crippen LogP contribution in [0, 0.1) is 0 Å². The summed E-state index contributed by atoms with van der Waals surface area (Å²) in [7, 11) is 0. The number of piperidine rings is 3. The molecular weight excluding hydrogens is 399 g/mol. The van der Waals surface area contributed by atoms with E-state index in [1.54, 1.807) is 0 Å². The lowest BCUT2D eigenvalue weighted by Crippen LogP contribution is -2.67. The maximum atomic E-state index is 3.03. The lowest BCUT2D eigenvalue weighted by atomic mass is 9.46. The zero-order valence-corrected chi connectivity index (χ0v) is 24.4. The summed E-state index contributed by atoms with van der Waals surface area (Å²) in [4.78, 5) is 9.08. The first-order valence-corrected chi connectivity index (χ1v) is 14.2. The number of rotatable bonds is 3. The minimum absolute atomic E-state index is 0.258. The smallest absolute Gasteiger partial charge is 0.183 e. The molecule has 0 aromatic heterocycles. The molecule has 4 aliphatic rings. The predicted molar refractivity (Wildman–Crippen MR) is 149 cm³/mol. The van der Waals surface area contributed by atoms with Gasteiger partial charge in [-0.2, -0.15) is 0 Å². The minimum atomic E-state index is 0.258. The molecule has 0 N–H and O–H groups in total. The molecule has 33 heavy (non-hydrogen) atoms. The molecule has 0 radical (unpaired) electrons. The van der Waals surface area contributed by atoms with E-state index in [1.807, 2.05) is 0 Å². The third-order valence-electron chi connectivity index (χ3n) is 10.4. The van der Waals surface area contributed by atoms with Gasteiger partial charge in [0.25, 0.3) is 0 Å². The number of nitrogens with zero attached hydrogens (tertiary/aromatic N) is 3. The Labute approximate surface area is 208 Å². The molecule has 4 rings (SSSR count). The van der Waals surface area contributed by atoms with Gasteiger partial charge in [0.1, 0.15) is 0 Å². The second kappa shape index (κ2) is 7.79. The van der Waals surface area contributed by atoms with Crippen molar-refractivity contribution >= 4 is 19.9 Å². The Morgan fingerprint density at radius 3 is 0.636 bits per heavy atom. The second-order valence-electron chi connectivity index (χ2n) is 16.0. The molecule has 6 heteroatoms. The van der Waals surface area contributed by atoms with Gasteiger partial charge in [0.15, 0.2) is 19.9 Å². The molecule has 0 atom stereocenters. The first kappa shape index (κ1) is 26.1. The van der Waals surface area contributed by atoms with E-state index in [4.69, 9.17) is 0 Å². The van der Waals surface area contributed by atoms with Crippen molar-refractivity contribution < 1.29 is 0 Å². The van der Waals surface area contributed by atoms with Gasteiger partial charge in [-0.05, 0) is 141 Å². The van der Waals surface area contributed by atoms with Crippen LogP contribution >= 0.6 is 0 Å². The van der Waals surface area contributed by atoms with E-state index in [-0.39, 0.29) is 33.2 Å². The molecule has 0 amide bonds. The van der Waals surface area contributed by atoms with Crippen LogP contribution in [0.1, 0.15) is 141 Å². The van der Waals surface area contributed by atoms with E-state index in [0.29, 0.717) is 19.9 Å². The van der Waals surface area contributed by atoms with Gasteiger partial charge in [-0.15, -0.1) is 0 Å². The summed E-state index contributed by atoms with van der Waals surface area (Å²) in [5.41, 5.74) is 1.55. The Morgan fingerprint density at radius 2 is 0.485 bits per heavy atom. The van der Waals surface area contributed by atoms with Crippen molar-refractivity contribution in [2.24, 2.45) is 0 Å². The average molecular weight is 453 g/mol. The summed E-state index contributed by atoms with van der Waals surface area (Å²) in [6, 6.07) is 0. The van der Waals surface area contributed by atoms with Crippen molar-refractivity contribution in [1.29, 1.82) is 0 Å². The van der Waals surface area contributed by atoms with Gasteiger partial charge in [0.05, 0.1) is 0 Å². The van der Waals surface area contributed by atoms with Crippen LogP contribution in [0.4, 0.5) is 0 Å². The summed E-state index contributed by atoms with van der Waals surface area (Å²) in [5.74, 6) is 0. The third-order valence-corrected chi connectivity index (χ3v) is 10.4. The fourth-order valence-electron chi connectivity index (χ4n) is 9.64. The highest BCUT2D eigenvalue weighted by atomic mass is 15.3. The summed E-state index contributed by atoms with van der Waals surface area (Å²) in [5, 5.41) is 0. The molecule has 4 aliphatic heterocycles. The first-order valence-electron chi connectivity index (χ1n) is 14.2. The Balaban J connectivity index is 1.84. The van der Waals surface area contributed by atoms with Gasteiger partial charge in [-0.25, -0.2) is 0 Å². The second-order valence-corrected chi connectivity index (χ2v) is 16.0. The van der Waals surface area contributed by atoms with Crippen molar-refractivity contribution in [2.45, 2.75) is 174 Å². The fourth-order valence-corrected chi connectivity index (χ4v) is 9.64. The van der Waals surface area contributed by atoms with Crippen LogP contribution in [0.25, 0.3) is 0 Å². The van der Waals surface area contributed by atoms with E-state index < -0.39 is 0 Å². The SMILES string of the molecule is CC1(C)CCCC(C)(C)N1B1B(N2C(C)(C)CCCC2(C)C)B1N1C(C)(C)CCCC1(C)C. The maximum Gasteiger partial charge on any atom is 0.183 e. The summed E-state index contributed by atoms with van der Waals surface area (Å²) < 4.78 is 0. The highest BCUT2D eigenvalue weighted by Gasteiger charge is 2.76. The summed E-state index contributed by atoms with van der Waals surface area (Å²) >= 11 is 0. The van der Waals surface area contributed by atoms with Gasteiger partial charge >= 0.3 is 0 Å². The zero-order chi connectivity index (χ0) is 24.8. The van der Waals surface area contributed by atoms with Crippen molar-refractivity contribution in [3.05, 3.63) is 0 Å². The molecule has 4 heterocycles. The topological polar surface area (TPSA) is 9.72 Å². The Bertz CT molecular complexity index is 604. The van der Waals surface area contributed by atoms with Crippen LogP contribution in [0.15, 0.2) is 0 Å². The molecule has 0 aliphatic carbocycles. The largest absolute Gasteiger partial charge is 0.344 e. The van der Waals surface area contributed by atoms with Crippen molar-refractivity contribution in [2.75, 3.05) is 0 Å². The quantitative estimate of drug-likeness (QED) is 0.462. The Kier molecular flexibility index (Phi) is 6.17. The first-order chi connectivity index (χ1) is 14.9. The van der Waals surface area contributed by atoms with Gasteiger partial charge in [-0.1, -0.05) is 0 Å². The number of hydrogen-bond donors (Lipinski definition) is 0. The van der Waals surface area contributed by atoms with E-state index in [9.17, 15) is 0 Å². The van der Waals surface area contributed by atoms with Crippen molar-refractivity contribution in [1.82, 2.24) is 14.4 Å². The van der Waals surface area contributed by atoms with Crippen LogP contribution in [-0.2, 0) is 0 Å². The summed E-state index contributed by atoms with van der Waals surface area (Å²) in [6.07, 6.45) is 12.0. The van der Waals surface area contributed by atoms with Crippen LogP contribution in [0.2, 0.25) is 0 Å². The van der Waals surface area contributed by atoms with Crippen molar-refractivity contribution in [3.63, 3.8) is 0 Å².